The van der Waals surface area contributed by atoms with Crippen molar-refractivity contribution in [1.29, 1.82) is 0 Å². The van der Waals surface area contributed by atoms with Gasteiger partial charge in [-0.05, 0) is 72.2 Å². The first-order valence-electron chi connectivity index (χ1n) is 8.19. The molecule has 0 aromatic heterocycles. The Hall–Kier alpha value is -1.94. The van der Waals surface area contributed by atoms with Gasteiger partial charge in [-0.15, -0.1) is 0 Å². The van der Waals surface area contributed by atoms with Crippen molar-refractivity contribution in [3.05, 3.63) is 75.0 Å². The van der Waals surface area contributed by atoms with Gasteiger partial charge in [0.2, 0.25) is 0 Å². The highest BCUT2D eigenvalue weighted by Crippen LogP contribution is 2.42. The summed E-state index contributed by atoms with van der Waals surface area (Å²) < 4.78 is 14.9. The number of nitrogens with one attached hydrogen (secondary N) is 1. The van der Waals surface area contributed by atoms with Crippen molar-refractivity contribution in [2.45, 2.75) is 31.7 Å². The van der Waals surface area contributed by atoms with E-state index in [0.717, 1.165) is 30.2 Å². The summed E-state index contributed by atoms with van der Waals surface area (Å²) in [5.41, 5.74) is 5.37. The highest BCUT2D eigenvalue weighted by molar-refractivity contribution is 9.10. The van der Waals surface area contributed by atoms with Crippen molar-refractivity contribution in [3.8, 4) is 0 Å². The van der Waals surface area contributed by atoms with Crippen LogP contribution in [0.1, 0.15) is 40.7 Å². The molecule has 0 fully saturated rings. The Balaban J connectivity index is 1.61. The van der Waals surface area contributed by atoms with E-state index in [1.54, 1.807) is 12.1 Å². The Morgan fingerprint density at radius 3 is 2.88 bits per heavy atom. The fourth-order valence-corrected chi connectivity index (χ4v) is 4.16. The van der Waals surface area contributed by atoms with Gasteiger partial charge in [-0.25, -0.2) is 4.39 Å². The molecule has 0 heterocycles. The van der Waals surface area contributed by atoms with E-state index in [-0.39, 0.29) is 17.5 Å². The maximum atomic E-state index is 13.8. The van der Waals surface area contributed by atoms with E-state index in [4.69, 9.17) is 0 Å². The molecule has 24 heavy (non-hydrogen) atoms. The topological polar surface area (TPSA) is 29.1 Å². The van der Waals surface area contributed by atoms with Gasteiger partial charge in [0.1, 0.15) is 5.82 Å². The zero-order chi connectivity index (χ0) is 16.7. The summed E-state index contributed by atoms with van der Waals surface area (Å²) in [6.45, 7) is 0. The molecule has 2 aliphatic rings. The van der Waals surface area contributed by atoms with Crippen LogP contribution in [0.4, 0.5) is 4.39 Å². The average Bonchev–Trinajstić information content (AvgIpc) is 2.94. The molecule has 4 rings (SSSR count). The largest absolute Gasteiger partial charge is 0.345 e. The Morgan fingerprint density at radius 1 is 1.21 bits per heavy atom. The molecule has 0 radical (unpaired) electrons. The van der Waals surface area contributed by atoms with Crippen LogP contribution < -0.4 is 5.32 Å². The second-order valence-electron chi connectivity index (χ2n) is 6.38. The van der Waals surface area contributed by atoms with Gasteiger partial charge in [0.05, 0.1) is 11.6 Å². The third kappa shape index (κ3) is 2.69. The van der Waals surface area contributed by atoms with Gasteiger partial charge in [-0.3, -0.25) is 4.79 Å². The average molecular weight is 386 g/mol. The van der Waals surface area contributed by atoms with Crippen LogP contribution in [0.3, 0.4) is 0 Å². The minimum atomic E-state index is -0.473. The van der Waals surface area contributed by atoms with Gasteiger partial charge in [0.25, 0.3) is 5.91 Å². The molecule has 2 aliphatic carbocycles. The number of carbonyl (C=O) groups excluding carboxylic acids is 1. The summed E-state index contributed by atoms with van der Waals surface area (Å²) in [5, 5.41) is 3.05. The van der Waals surface area contributed by atoms with Crippen LogP contribution in [0, 0.1) is 5.82 Å². The lowest BCUT2D eigenvalue weighted by atomic mass is 9.87. The molecule has 2 aromatic carbocycles. The SMILES string of the molecule is O=C(NC1CCCC2=C1Cc1ccc(Br)cc12)c1ccccc1F. The smallest absolute Gasteiger partial charge is 0.254 e. The van der Waals surface area contributed by atoms with E-state index in [1.165, 1.54) is 34.4 Å². The fourth-order valence-electron chi connectivity index (χ4n) is 3.80. The maximum Gasteiger partial charge on any atom is 0.254 e. The Bertz CT molecular complexity index is 858. The number of halogens is 2. The van der Waals surface area contributed by atoms with Gasteiger partial charge in [-0.2, -0.15) is 0 Å². The van der Waals surface area contributed by atoms with E-state index in [1.807, 2.05) is 0 Å². The summed E-state index contributed by atoms with van der Waals surface area (Å²) in [7, 11) is 0. The Morgan fingerprint density at radius 2 is 2.04 bits per heavy atom. The van der Waals surface area contributed by atoms with Crippen molar-refractivity contribution in [2.24, 2.45) is 0 Å². The molecule has 0 saturated carbocycles. The minimum Gasteiger partial charge on any atom is -0.345 e. The molecule has 0 saturated heterocycles. The van der Waals surface area contributed by atoms with E-state index in [9.17, 15) is 9.18 Å². The van der Waals surface area contributed by atoms with Crippen molar-refractivity contribution in [3.63, 3.8) is 0 Å². The predicted octanol–water partition coefficient (Wildman–Crippen LogP) is 4.88. The number of amides is 1. The molecule has 2 nitrogen and oxygen atoms in total. The first kappa shape index (κ1) is 15.6. The monoisotopic (exact) mass is 385 g/mol. The van der Waals surface area contributed by atoms with Gasteiger partial charge >= 0.3 is 0 Å². The highest BCUT2D eigenvalue weighted by atomic mass is 79.9. The molecule has 1 amide bonds. The van der Waals surface area contributed by atoms with E-state index in [2.05, 4.69) is 39.4 Å². The minimum absolute atomic E-state index is 0.00738. The van der Waals surface area contributed by atoms with E-state index in [0.29, 0.717) is 0 Å². The normalized spacial score (nSPS) is 19.0. The summed E-state index contributed by atoms with van der Waals surface area (Å²) in [6, 6.07) is 12.5. The fraction of sp³-hybridized carbons (Fsp3) is 0.250. The van der Waals surface area contributed by atoms with Crippen LogP contribution in [0.25, 0.3) is 5.57 Å². The summed E-state index contributed by atoms with van der Waals surface area (Å²) in [5.74, 6) is -0.803. The molecule has 4 heteroatoms. The number of hydrogen-bond donors (Lipinski definition) is 1. The molecule has 1 atom stereocenters. The lowest BCUT2D eigenvalue weighted by molar-refractivity contribution is 0.0936. The number of rotatable bonds is 2. The van der Waals surface area contributed by atoms with Gasteiger partial charge in [-0.1, -0.05) is 34.1 Å². The third-order valence-electron chi connectivity index (χ3n) is 4.93. The van der Waals surface area contributed by atoms with Gasteiger partial charge < -0.3 is 5.32 Å². The first-order valence-corrected chi connectivity index (χ1v) is 8.99. The number of allylic oxidation sites excluding steroid dienone is 1. The molecular weight excluding hydrogens is 369 g/mol. The van der Waals surface area contributed by atoms with Gasteiger partial charge in [0.15, 0.2) is 0 Å². The lowest BCUT2D eigenvalue weighted by Gasteiger charge is -2.26. The standard InChI is InChI=1S/C20H17BrFNO/c21-13-9-8-12-10-17-14(16(12)11-13)5-3-7-19(17)23-20(24)15-4-1-2-6-18(15)22/h1-2,4,6,8-9,11,19H,3,5,7,10H2,(H,23,24). The number of fused-ring (bicyclic) bond motifs is 2. The molecule has 2 aromatic rings. The molecule has 0 aliphatic heterocycles. The van der Waals surface area contributed by atoms with Crippen LogP contribution in [0.5, 0.6) is 0 Å². The van der Waals surface area contributed by atoms with Crippen LogP contribution in [0.15, 0.2) is 52.5 Å². The molecule has 1 unspecified atom stereocenters. The molecular formula is C20H17BrFNO. The zero-order valence-electron chi connectivity index (χ0n) is 13.1. The first-order chi connectivity index (χ1) is 11.6. The van der Waals surface area contributed by atoms with Crippen molar-refractivity contribution >= 4 is 27.4 Å². The van der Waals surface area contributed by atoms with Crippen LogP contribution in [-0.2, 0) is 6.42 Å². The summed E-state index contributed by atoms with van der Waals surface area (Å²) in [4.78, 5) is 12.5. The Labute approximate surface area is 148 Å². The number of hydrogen-bond acceptors (Lipinski definition) is 1. The Kier molecular flexibility index (Phi) is 4.01. The number of benzene rings is 2. The van der Waals surface area contributed by atoms with Crippen molar-refractivity contribution < 1.29 is 9.18 Å². The lowest BCUT2D eigenvalue weighted by Crippen LogP contribution is -2.38. The molecule has 0 bridgehead atoms. The maximum absolute atomic E-state index is 13.8. The predicted molar refractivity (Wildman–Crippen MR) is 96.3 cm³/mol. The summed E-state index contributed by atoms with van der Waals surface area (Å²) >= 11 is 3.54. The van der Waals surface area contributed by atoms with Crippen molar-refractivity contribution in [1.82, 2.24) is 5.32 Å². The van der Waals surface area contributed by atoms with Crippen molar-refractivity contribution in [2.75, 3.05) is 0 Å². The number of carbonyl (C=O) groups is 1. The van der Waals surface area contributed by atoms with E-state index >= 15 is 0 Å². The van der Waals surface area contributed by atoms with Crippen LogP contribution in [-0.4, -0.2) is 11.9 Å². The molecule has 122 valence electrons. The third-order valence-corrected chi connectivity index (χ3v) is 5.42. The summed E-state index contributed by atoms with van der Waals surface area (Å²) in [6.07, 6.45) is 3.87. The van der Waals surface area contributed by atoms with Crippen LogP contribution in [0.2, 0.25) is 0 Å². The zero-order valence-corrected chi connectivity index (χ0v) is 14.7. The second-order valence-corrected chi connectivity index (χ2v) is 7.30. The van der Waals surface area contributed by atoms with Gasteiger partial charge in [0, 0.05) is 4.47 Å². The molecule has 0 spiro atoms. The quantitative estimate of drug-likeness (QED) is 0.783. The van der Waals surface area contributed by atoms with Crippen LogP contribution >= 0.6 is 15.9 Å². The molecule has 1 N–H and O–H groups in total. The van der Waals surface area contributed by atoms with E-state index < -0.39 is 5.82 Å². The second kappa shape index (κ2) is 6.17. The highest BCUT2D eigenvalue weighted by Gasteiger charge is 2.31.